The van der Waals surface area contributed by atoms with E-state index in [4.69, 9.17) is 0 Å². The van der Waals surface area contributed by atoms with E-state index in [2.05, 4.69) is 38.8 Å². The Balaban J connectivity index is 1.51. The van der Waals surface area contributed by atoms with Crippen molar-refractivity contribution in [3.8, 4) is 11.3 Å². The molecule has 0 unspecified atom stereocenters. The van der Waals surface area contributed by atoms with Crippen LogP contribution in [0.3, 0.4) is 0 Å². The van der Waals surface area contributed by atoms with Gasteiger partial charge in [-0.2, -0.15) is 0 Å². The maximum Gasteiger partial charge on any atom is 0.223 e. The number of benzene rings is 1. The van der Waals surface area contributed by atoms with Gasteiger partial charge in [-0.15, -0.1) is 0 Å². The molecule has 2 heterocycles. The van der Waals surface area contributed by atoms with Crippen LogP contribution < -0.4 is 4.90 Å². The van der Waals surface area contributed by atoms with Crippen LogP contribution in [0.2, 0.25) is 0 Å². The van der Waals surface area contributed by atoms with Crippen molar-refractivity contribution >= 4 is 11.6 Å². The van der Waals surface area contributed by atoms with Gasteiger partial charge in [0, 0.05) is 37.7 Å². The minimum absolute atomic E-state index is 0.212. The zero-order chi connectivity index (χ0) is 17.2. The second kappa shape index (κ2) is 6.82. The number of rotatable bonds is 4. The van der Waals surface area contributed by atoms with Gasteiger partial charge in [-0.3, -0.25) is 4.79 Å². The molecule has 1 atom stereocenters. The molecule has 1 aliphatic carbocycles. The number of aromatic nitrogens is 2. The smallest absolute Gasteiger partial charge is 0.223 e. The van der Waals surface area contributed by atoms with Crippen LogP contribution in [0.25, 0.3) is 11.3 Å². The molecular weight excluding hydrogens is 312 g/mol. The molecule has 5 heteroatoms. The zero-order valence-corrected chi connectivity index (χ0v) is 14.6. The molecule has 0 bridgehead atoms. The summed E-state index contributed by atoms with van der Waals surface area (Å²) in [4.78, 5) is 25.6. The first-order valence-electron chi connectivity index (χ1n) is 9.12. The average molecular weight is 336 g/mol. The molecular formula is C20H24N4O. The fourth-order valence-electron chi connectivity index (χ4n) is 3.61. The highest BCUT2D eigenvalue weighted by Crippen LogP contribution is 2.34. The summed E-state index contributed by atoms with van der Waals surface area (Å²) in [6, 6.07) is 10.4. The molecule has 0 radical (unpaired) electrons. The predicted molar refractivity (Wildman–Crippen MR) is 98.2 cm³/mol. The number of nitrogens with zero attached hydrogens (tertiary/aromatic N) is 4. The minimum atomic E-state index is 0.212. The van der Waals surface area contributed by atoms with Gasteiger partial charge in [-0.05, 0) is 25.7 Å². The number of carbonyl (C=O) groups excluding carboxylic acids is 1. The predicted octanol–water partition coefficient (Wildman–Crippen LogP) is 2.98. The molecule has 1 saturated heterocycles. The lowest BCUT2D eigenvalue weighted by Crippen LogP contribution is -2.54. The summed E-state index contributed by atoms with van der Waals surface area (Å²) in [7, 11) is 0. The van der Waals surface area contributed by atoms with E-state index in [9.17, 15) is 4.79 Å². The van der Waals surface area contributed by atoms with Crippen LogP contribution in [0, 0.1) is 5.92 Å². The Kier molecular flexibility index (Phi) is 4.38. The van der Waals surface area contributed by atoms with E-state index in [1.807, 2.05) is 24.4 Å². The summed E-state index contributed by atoms with van der Waals surface area (Å²) in [6.07, 6.45) is 6.67. The van der Waals surface area contributed by atoms with Crippen molar-refractivity contribution in [1.29, 1.82) is 0 Å². The highest BCUT2D eigenvalue weighted by molar-refractivity contribution is 5.78. The molecule has 1 amide bonds. The number of anilines is 1. The van der Waals surface area contributed by atoms with Gasteiger partial charge in [0.1, 0.15) is 6.33 Å². The van der Waals surface area contributed by atoms with Gasteiger partial charge >= 0.3 is 0 Å². The van der Waals surface area contributed by atoms with Crippen molar-refractivity contribution in [2.45, 2.75) is 32.2 Å². The second-order valence-corrected chi connectivity index (χ2v) is 7.15. The summed E-state index contributed by atoms with van der Waals surface area (Å²) in [5, 5.41) is 0. The molecule has 4 rings (SSSR count). The Morgan fingerprint density at radius 1 is 1.20 bits per heavy atom. The molecule has 2 aromatic rings. The standard InChI is InChI=1S/C20H24N4O/c1-15-13-23(9-10-24(15)19(25)11-16-7-8-16)18-12-21-14-22-20(18)17-5-3-2-4-6-17/h2-6,12,14-16H,7-11,13H2,1H3/t15-/m0/s1. The molecule has 2 fully saturated rings. The molecule has 5 nitrogen and oxygen atoms in total. The van der Waals surface area contributed by atoms with Gasteiger partial charge in [0.15, 0.2) is 0 Å². The fourth-order valence-corrected chi connectivity index (χ4v) is 3.61. The second-order valence-electron chi connectivity index (χ2n) is 7.15. The molecule has 130 valence electrons. The Morgan fingerprint density at radius 3 is 2.72 bits per heavy atom. The highest BCUT2D eigenvalue weighted by atomic mass is 16.2. The molecule has 2 aliphatic rings. The third-order valence-corrected chi connectivity index (χ3v) is 5.19. The highest BCUT2D eigenvalue weighted by Gasteiger charge is 2.32. The van der Waals surface area contributed by atoms with Crippen LogP contribution in [-0.2, 0) is 4.79 Å². The molecule has 1 aliphatic heterocycles. The van der Waals surface area contributed by atoms with E-state index in [-0.39, 0.29) is 6.04 Å². The van der Waals surface area contributed by atoms with E-state index in [0.29, 0.717) is 11.8 Å². The van der Waals surface area contributed by atoms with Gasteiger partial charge in [0.25, 0.3) is 0 Å². The van der Waals surface area contributed by atoms with Crippen molar-refractivity contribution < 1.29 is 4.79 Å². The fraction of sp³-hybridized carbons (Fsp3) is 0.450. The third-order valence-electron chi connectivity index (χ3n) is 5.19. The van der Waals surface area contributed by atoms with Gasteiger partial charge < -0.3 is 9.80 Å². The topological polar surface area (TPSA) is 49.3 Å². The molecule has 0 spiro atoms. The lowest BCUT2D eigenvalue weighted by Gasteiger charge is -2.41. The normalized spacial score (nSPS) is 20.6. The SMILES string of the molecule is C[C@H]1CN(c2cncnc2-c2ccccc2)CCN1C(=O)CC1CC1. The van der Waals surface area contributed by atoms with Crippen LogP contribution in [0.15, 0.2) is 42.9 Å². The largest absolute Gasteiger partial charge is 0.365 e. The first-order valence-corrected chi connectivity index (χ1v) is 9.12. The lowest BCUT2D eigenvalue weighted by molar-refractivity contribution is -0.133. The lowest BCUT2D eigenvalue weighted by atomic mass is 10.1. The maximum absolute atomic E-state index is 12.5. The van der Waals surface area contributed by atoms with Crippen LogP contribution in [0.5, 0.6) is 0 Å². The Bertz CT molecular complexity index is 744. The minimum Gasteiger partial charge on any atom is -0.365 e. The van der Waals surface area contributed by atoms with Gasteiger partial charge in [0.05, 0.1) is 17.6 Å². The Hall–Kier alpha value is -2.43. The van der Waals surface area contributed by atoms with Crippen LogP contribution >= 0.6 is 0 Å². The summed E-state index contributed by atoms with van der Waals surface area (Å²) in [5.74, 6) is 0.965. The summed E-state index contributed by atoms with van der Waals surface area (Å²) >= 11 is 0. The quantitative estimate of drug-likeness (QED) is 0.861. The summed E-state index contributed by atoms with van der Waals surface area (Å²) < 4.78 is 0. The van der Waals surface area contributed by atoms with E-state index >= 15 is 0 Å². The number of hydrogen-bond donors (Lipinski definition) is 0. The number of carbonyl (C=O) groups is 1. The Morgan fingerprint density at radius 2 is 2.00 bits per heavy atom. The van der Waals surface area contributed by atoms with E-state index in [1.54, 1.807) is 6.33 Å². The maximum atomic E-state index is 12.5. The van der Waals surface area contributed by atoms with Crippen molar-refractivity contribution in [1.82, 2.24) is 14.9 Å². The van der Waals surface area contributed by atoms with Crippen molar-refractivity contribution in [2.75, 3.05) is 24.5 Å². The van der Waals surface area contributed by atoms with Crippen LogP contribution in [-0.4, -0.2) is 46.5 Å². The van der Waals surface area contributed by atoms with Gasteiger partial charge in [0.2, 0.25) is 5.91 Å². The third kappa shape index (κ3) is 3.50. The average Bonchev–Trinajstić information content (AvgIpc) is 3.46. The number of hydrogen-bond acceptors (Lipinski definition) is 4. The zero-order valence-electron chi connectivity index (χ0n) is 14.6. The number of amides is 1. The molecule has 1 aromatic heterocycles. The monoisotopic (exact) mass is 336 g/mol. The molecule has 0 N–H and O–H groups in total. The first-order chi connectivity index (χ1) is 12.2. The van der Waals surface area contributed by atoms with E-state index in [0.717, 1.165) is 43.0 Å². The summed E-state index contributed by atoms with van der Waals surface area (Å²) in [6.45, 7) is 4.57. The molecule has 25 heavy (non-hydrogen) atoms. The van der Waals surface area contributed by atoms with E-state index < -0.39 is 0 Å². The molecule has 1 aromatic carbocycles. The van der Waals surface area contributed by atoms with E-state index in [1.165, 1.54) is 12.8 Å². The van der Waals surface area contributed by atoms with Gasteiger partial charge in [-0.25, -0.2) is 9.97 Å². The van der Waals surface area contributed by atoms with Crippen LogP contribution in [0.1, 0.15) is 26.2 Å². The van der Waals surface area contributed by atoms with Crippen molar-refractivity contribution in [2.24, 2.45) is 5.92 Å². The van der Waals surface area contributed by atoms with Crippen molar-refractivity contribution in [3.05, 3.63) is 42.9 Å². The first kappa shape index (κ1) is 16.1. The summed E-state index contributed by atoms with van der Waals surface area (Å²) in [5.41, 5.74) is 3.11. The van der Waals surface area contributed by atoms with Crippen LogP contribution in [0.4, 0.5) is 5.69 Å². The molecule has 1 saturated carbocycles. The van der Waals surface area contributed by atoms with Crippen molar-refractivity contribution in [3.63, 3.8) is 0 Å². The Labute approximate surface area is 148 Å². The number of piperazine rings is 1. The van der Waals surface area contributed by atoms with Gasteiger partial charge in [-0.1, -0.05) is 30.3 Å².